The molecule has 0 radical (unpaired) electrons. The van der Waals surface area contributed by atoms with Gasteiger partial charge >= 0.3 is 12.0 Å². The topological polar surface area (TPSA) is 90.7 Å². The Labute approximate surface area is 127 Å². The smallest absolute Gasteiger partial charge is 0.340 e. The molecule has 2 aromatic carbocycles. The Balaban J connectivity index is 2.19. The van der Waals surface area contributed by atoms with Gasteiger partial charge in [-0.1, -0.05) is 30.3 Å². The highest BCUT2D eigenvalue weighted by molar-refractivity contribution is 6.00. The Bertz CT molecular complexity index is 671. The van der Waals surface area contributed by atoms with Crippen molar-refractivity contribution in [3.8, 4) is 5.75 Å². The molecule has 0 unspecified atom stereocenters. The molecular formula is C16H16N2O4. The van der Waals surface area contributed by atoms with Crippen LogP contribution in [0.25, 0.3) is 0 Å². The van der Waals surface area contributed by atoms with Crippen LogP contribution >= 0.6 is 0 Å². The van der Waals surface area contributed by atoms with Crippen LogP contribution in [0.15, 0.2) is 48.5 Å². The maximum absolute atomic E-state index is 11.8. The number of rotatable bonds is 5. The van der Waals surface area contributed by atoms with E-state index in [9.17, 15) is 9.59 Å². The number of esters is 1. The van der Waals surface area contributed by atoms with Crippen LogP contribution in [0.3, 0.4) is 0 Å². The Hall–Kier alpha value is -3.02. The third-order valence-corrected chi connectivity index (χ3v) is 2.90. The summed E-state index contributed by atoms with van der Waals surface area (Å²) in [5, 5.41) is 2.37. The highest BCUT2D eigenvalue weighted by atomic mass is 16.5. The average Bonchev–Trinajstić information content (AvgIpc) is 2.53. The first-order chi connectivity index (χ1) is 10.6. The fourth-order valence-electron chi connectivity index (χ4n) is 1.87. The second kappa shape index (κ2) is 7.12. The molecule has 2 rings (SSSR count). The van der Waals surface area contributed by atoms with E-state index in [2.05, 4.69) is 10.1 Å². The minimum Gasteiger partial charge on any atom is -0.489 e. The van der Waals surface area contributed by atoms with E-state index in [0.717, 1.165) is 5.56 Å². The summed E-state index contributed by atoms with van der Waals surface area (Å²) in [6.07, 6.45) is 0. The number of nitrogens with two attached hydrogens (primary N) is 1. The molecule has 2 amide bonds. The number of methoxy groups -OCH3 is 1. The van der Waals surface area contributed by atoms with E-state index < -0.39 is 12.0 Å². The number of amides is 2. The molecule has 0 spiro atoms. The van der Waals surface area contributed by atoms with E-state index in [1.807, 2.05) is 30.3 Å². The van der Waals surface area contributed by atoms with Crippen molar-refractivity contribution in [1.82, 2.24) is 0 Å². The van der Waals surface area contributed by atoms with Crippen molar-refractivity contribution >= 4 is 17.7 Å². The molecule has 6 nitrogen and oxygen atoms in total. The molecule has 6 heteroatoms. The first kappa shape index (κ1) is 15.4. The van der Waals surface area contributed by atoms with E-state index in [4.69, 9.17) is 10.5 Å². The lowest BCUT2D eigenvalue weighted by atomic mass is 10.1. The molecule has 0 bridgehead atoms. The third-order valence-electron chi connectivity index (χ3n) is 2.90. The lowest BCUT2D eigenvalue weighted by Gasteiger charge is -2.11. The first-order valence-corrected chi connectivity index (χ1v) is 6.55. The summed E-state index contributed by atoms with van der Waals surface area (Å²) < 4.78 is 10.3. The lowest BCUT2D eigenvalue weighted by molar-refractivity contribution is 0.0601. The van der Waals surface area contributed by atoms with Gasteiger partial charge in [0.25, 0.3) is 0 Å². The van der Waals surface area contributed by atoms with Gasteiger partial charge in [0.2, 0.25) is 0 Å². The fourth-order valence-corrected chi connectivity index (χ4v) is 1.87. The van der Waals surface area contributed by atoms with Crippen molar-refractivity contribution < 1.29 is 19.1 Å². The summed E-state index contributed by atoms with van der Waals surface area (Å²) in [5.74, 6) is -0.104. The molecule has 0 aliphatic rings. The maximum atomic E-state index is 11.8. The van der Waals surface area contributed by atoms with E-state index in [1.54, 1.807) is 6.07 Å². The number of urea groups is 1. The van der Waals surface area contributed by atoms with Crippen LogP contribution in [0.4, 0.5) is 10.5 Å². The normalized spacial score (nSPS) is 9.86. The molecule has 0 saturated carbocycles. The van der Waals surface area contributed by atoms with Crippen molar-refractivity contribution in [2.24, 2.45) is 5.73 Å². The Morgan fingerprint density at radius 3 is 2.50 bits per heavy atom. The predicted octanol–water partition coefficient (Wildman–Crippen LogP) is 2.54. The van der Waals surface area contributed by atoms with Crippen LogP contribution in [0.5, 0.6) is 5.75 Å². The molecule has 0 atom stereocenters. The summed E-state index contributed by atoms with van der Waals surface area (Å²) in [7, 11) is 1.26. The quantitative estimate of drug-likeness (QED) is 0.830. The molecule has 114 valence electrons. The van der Waals surface area contributed by atoms with Gasteiger partial charge in [-0.3, -0.25) is 0 Å². The van der Waals surface area contributed by atoms with Crippen LogP contribution in [0, 0.1) is 0 Å². The zero-order valence-corrected chi connectivity index (χ0v) is 12.0. The third kappa shape index (κ3) is 3.99. The molecule has 0 heterocycles. The Morgan fingerprint density at radius 2 is 1.86 bits per heavy atom. The number of nitrogens with one attached hydrogen (secondary N) is 1. The van der Waals surface area contributed by atoms with Gasteiger partial charge in [0, 0.05) is 0 Å². The molecule has 0 fully saturated rings. The van der Waals surface area contributed by atoms with E-state index in [1.165, 1.54) is 19.2 Å². The van der Waals surface area contributed by atoms with Gasteiger partial charge in [-0.15, -0.1) is 0 Å². The highest BCUT2D eigenvalue weighted by Crippen LogP contribution is 2.23. The summed E-state index contributed by atoms with van der Waals surface area (Å²) in [6, 6.07) is 13.5. The number of hydrogen-bond donors (Lipinski definition) is 2. The molecule has 0 aliphatic carbocycles. The van der Waals surface area contributed by atoms with Gasteiger partial charge < -0.3 is 20.5 Å². The van der Waals surface area contributed by atoms with Crippen LogP contribution < -0.4 is 15.8 Å². The largest absolute Gasteiger partial charge is 0.489 e. The van der Waals surface area contributed by atoms with Gasteiger partial charge in [-0.25, -0.2) is 9.59 Å². The van der Waals surface area contributed by atoms with Crippen LogP contribution in [-0.4, -0.2) is 19.1 Å². The first-order valence-electron chi connectivity index (χ1n) is 6.55. The summed E-state index contributed by atoms with van der Waals surface area (Å²) >= 11 is 0. The summed E-state index contributed by atoms with van der Waals surface area (Å²) in [5.41, 5.74) is 6.52. The van der Waals surface area contributed by atoms with Gasteiger partial charge in [-0.05, 0) is 23.8 Å². The number of ether oxygens (including phenoxy) is 2. The van der Waals surface area contributed by atoms with Gasteiger partial charge in [-0.2, -0.15) is 0 Å². The Kier molecular flexibility index (Phi) is 4.98. The summed E-state index contributed by atoms with van der Waals surface area (Å²) in [6.45, 7) is 0.365. The number of anilines is 1. The van der Waals surface area contributed by atoms with Crippen LogP contribution in [0.2, 0.25) is 0 Å². The maximum Gasteiger partial charge on any atom is 0.340 e. The van der Waals surface area contributed by atoms with E-state index in [-0.39, 0.29) is 11.3 Å². The summed E-state index contributed by atoms with van der Waals surface area (Å²) in [4.78, 5) is 22.7. The molecule has 3 N–H and O–H groups in total. The monoisotopic (exact) mass is 300 g/mol. The number of carbonyl (C=O) groups excluding carboxylic acids is 2. The second-order valence-electron chi connectivity index (χ2n) is 4.46. The number of carbonyl (C=O) groups is 2. The Morgan fingerprint density at radius 1 is 1.14 bits per heavy atom. The predicted molar refractivity (Wildman–Crippen MR) is 81.8 cm³/mol. The molecular weight excluding hydrogens is 284 g/mol. The van der Waals surface area contributed by atoms with Crippen molar-refractivity contribution in [3.63, 3.8) is 0 Å². The number of primary amides is 1. The van der Waals surface area contributed by atoms with E-state index >= 15 is 0 Å². The zero-order chi connectivity index (χ0) is 15.9. The minimum atomic E-state index is -0.761. The van der Waals surface area contributed by atoms with Crippen LogP contribution in [0.1, 0.15) is 15.9 Å². The number of hydrogen-bond acceptors (Lipinski definition) is 4. The molecule has 22 heavy (non-hydrogen) atoms. The minimum absolute atomic E-state index is 0.173. The van der Waals surface area contributed by atoms with Crippen molar-refractivity contribution in [2.75, 3.05) is 12.4 Å². The molecule has 2 aromatic rings. The average molecular weight is 300 g/mol. The fraction of sp³-hybridized carbons (Fsp3) is 0.125. The zero-order valence-electron chi connectivity index (χ0n) is 12.0. The standard InChI is InChI=1S/C16H16N2O4/c1-21-15(19)13-9-12(7-8-14(13)18-16(17)20)22-10-11-5-3-2-4-6-11/h2-9H,10H2,1H3,(H3,17,18,20). The molecule has 0 aromatic heterocycles. The van der Waals surface area contributed by atoms with Crippen molar-refractivity contribution in [3.05, 3.63) is 59.7 Å². The van der Waals surface area contributed by atoms with Crippen LogP contribution in [-0.2, 0) is 11.3 Å². The van der Waals surface area contributed by atoms with E-state index in [0.29, 0.717) is 12.4 Å². The SMILES string of the molecule is COC(=O)c1cc(OCc2ccccc2)ccc1NC(N)=O. The van der Waals surface area contributed by atoms with Gasteiger partial charge in [0.15, 0.2) is 0 Å². The van der Waals surface area contributed by atoms with Crippen molar-refractivity contribution in [1.29, 1.82) is 0 Å². The molecule has 0 aliphatic heterocycles. The van der Waals surface area contributed by atoms with Gasteiger partial charge in [0.1, 0.15) is 12.4 Å². The molecule has 0 saturated heterocycles. The van der Waals surface area contributed by atoms with Crippen molar-refractivity contribution in [2.45, 2.75) is 6.61 Å². The second-order valence-corrected chi connectivity index (χ2v) is 4.46. The lowest BCUT2D eigenvalue weighted by Crippen LogP contribution is -2.21. The van der Waals surface area contributed by atoms with Gasteiger partial charge in [0.05, 0.1) is 18.4 Å². The number of benzene rings is 2. The highest BCUT2D eigenvalue weighted by Gasteiger charge is 2.14.